The largest absolute Gasteiger partial charge is 0.337 e. The number of fused-ring (bicyclic) bond motifs is 2. The van der Waals surface area contributed by atoms with Crippen LogP contribution < -0.4 is 0 Å². The molecule has 3 aromatic rings. The third kappa shape index (κ3) is 3.55. The first kappa shape index (κ1) is 19.1. The molecule has 1 amide bonds. The van der Waals surface area contributed by atoms with E-state index in [2.05, 4.69) is 58.4 Å². The van der Waals surface area contributed by atoms with Gasteiger partial charge in [-0.15, -0.1) is 0 Å². The van der Waals surface area contributed by atoms with Gasteiger partial charge in [-0.25, -0.2) is 4.98 Å². The molecule has 154 valence electrons. The van der Waals surface area contributed by atoms with Crippen LogP contribution in [0.1, 0.15) is 53.4 Å². The Labute approximate surface area is 178 Å². The summed E-state index contributed by atoms with van der Waals surface area (Å²) in [5.41, 5.74) is 5.45. The minimum atomic E-state index is 0.0502. The van der Waals surface area contributed by atoms with Gasteiger partial charge in [0.2, 0.25) is 5.91 Å². The van der Waals surface area contributed by atoms with E-state index in [1.54, 1.807) is 0 Å². The molecule has 1 heterocycles. The van der Waals surface area contributed by atoms with Gasteiger partial charge in [0.1, 0.15) is 5.82 Å². The van der Waals surface area contributed by atoms with Crippen LogP contribution in [-0.4, -0.2) is 20.4 Å². The summed E-state index contributed by atoms with van der Waals surface area (Å²) in [6.07, 6.45) is 9.81. The molecule has 2 atom stereocenters. The van der Waals surface area contributed by atoms with Crippen LogP contribution in [0.3, 0.4) is 0 Å². The van der Waals surface area contributed by atoms with E-state index in [9.17, 15) is 4.79 Å². The molecule has 0 spiro atoms. The molecule has 1 aromatic heterocycles. The second-order valence-electron chi connectivity index (χ2n) is 8.74. The fraction of sp³-hybridized carbons (Fsp3) is 0.385. The lowest BCUT2D eigenvalue weighted by Gasteiger charge is -2.38. The van der Waals surface area contributed by atoms with Crippen LogP contribution in [-0.2, 0) is 37.6 Å². The van der Waals surface area contributed by atoms with E-state index >= 15 is 0 Å². The zero-order valence-corrected chi connectivity index (χ0v) is 17.6. The molecule has 0 aliphatic heterocycles. The summed E-state index contributed by atoms with van der Waals surface area (Å²) in [5.74, 6) is 1.28. The van der Waals surface area contributed by atoms with Crippen LogP contribution in [0.15, 0.2) is 60.9 Å². The lowest BCUT2D eigenvalue weighted by Crippen LogP contribution is -2.42. The number of carbonyl (C=O) groups is 1. The number of hydrogen-bond acceptors (Lipinski definition) is 2. The van der Waals surface area contributed by atoms with Crippen molar-refractivity contribution in [1.29, 1.82) is 0 Å². The quantitative estimate of drug-likeness (QED) is 0.641. The van der Waals surface area contributed by atoms with E-state index in [0.29, 0.717) is 6.54 Å². The van der Waals surface area contributed by atoms with Crippen LogP contribution >= 0.6 is 0 Å². The van der Waals surface area contributed by atoms with Crippen molar-refractivity contribution < 1.29 is 4.79 Å². The number of aryl methyl sites for hydroxylation is 3. The van der Waals surface area contributed by atoms with E-state index in [1.165, 1.54) is 22.3 Å². The maximum absolute atomic E-state index is 13.9. The molecule has 30 heavy (non-hydrogen) atoms. The molecule has 0 radical (unpaired) electrons. The zero-order chi connectivity index (χ0) is 20.5. The molecule has 2 aromatic carbocycles. The van der Waals surface area contributed by atoms with Gasteiger partial charge in [-0.3, -0.25) is 4.79 Å². The van der Waals surface area contributed by atoms with Gasteiger partial charge in [0, 0.05) is 25.4 Å². The number of benzene rings is 2. The van der Waals surface area contributed by atoms with Crippen molar-refractivity contribution in [3.8, 4) is 0 Å². The number of imidazole rings is 1. The van der Waals surface area contributed by atoms with Gasteiger partial charge in [-0.05, 0) is 60.8 Å². The Morgan fingerprint density at radius 2 is 1.80 bits per heavy atom. The maximum atomic E-state index is 13.9. The minimum absolute atomic E-state index is 0.0502. The molecule has 0 unspecified atom stereocenters. The maximum Gasteiger partial charge on any atom is 0.226 e. The van der Waals surface area contributed by atoms with E-state index in [4.69, 9.17) is 0 Å². The van der Waals surface area contributed by atoms with Crippen molar-refractivity contribution in [2.45, 2.75) is 51.1 Å². The van der Waals surface area contributed by atoms with Gasteiger partial charge in [-0.2, -0.15) is 0 Å². The number of nitrogens with zero attached hydrogens (tertiary/aromatic N) is 3. The highest BCUT2D eigenvalue weighted by Crippen LogP contribution is 2.37. The second-order valence-corrected chi connectivity index (χ2v) is 8.74. The van der Waals surface area contributed by atoms with E-state index < -0.39 is 0 Å². The fourth-order valence-corrected chi connectivity index (χ4v) is 5.24. The molecule has 0 fully saturated rings. The van der Waals surface area contributed by atoms with Crippen molar-refractivity contribution in [3.05, 3.63) is 89.0 Å². The first-order chi connectivity index (χ1) is 14.7. The number of carbonyl (C=O) groups excluding carboxylic acids is 1. The van der Waals surface area contributed by atoms with Crippen molar-refractivity contribution in [2.24, 2.45) is 13.0 Å². The summed E-state index contributed by atoms with van der Waals surface area (Å²) in [7, 11) is 2.01. The summed E-state index contributed by atoms with van der Waals surface area (Å²) < 4.78 is 2.03. The normalized spacial score (nSPS) is 20.3. The lowest BCUT2D eigenvalue weighted by molar-refractivity contribution is -0.139. The predicted molar refractivity (Wildman–Crippen MR) is 118 cm³/mol. The van der Waals surface area contributed by atoms with E-state index in [1.807, 2.05) is 24.0 Å². The Morgan fingerprint density at radius 1 is 1.03 bits per heavy atom. The van der Waals surface area contributed by atoms with Crippen molar-refractivity contribution >= 4 is 5.91 Å². The average molecular weight is 400 g/mol. The number of rotatable bonds is 4. The van der Waals surface area contributed by atoms with Crippen LogP contribution in [0.2, 0.25) is 0 Å². The van der Waals surface area contributed by atoms with E-state index in [-0.39, 0.29) is 17.9 Å². The molecule has 0 N–H and O–H groups in total. The van der Waals surface area contributed by atoms with Gasteiger partial charge in [0.15, 0.2) is 0 Å². The summed E-state index contributed by atoms with van der Waals surface area (Å²) in [6, 6.07) is 17.4. The average Bonchev–Trinajstić information content (AvgIpc) is 3.20. The number of amides is 1. The Balaban J connectivity index is 1.48. The van der Waals surface area contributed by atoms with Gasteiger partial charge in [0.05, 0.1) is 12.6 Å². The SMILES string of the molecule is Cn1ccnc1CN(C(=O)[C@@H]1CCc2ccccc2C1)[C@@H]1CCCc2ccccc21. The Hall–Kier alpha value is -2.88. The highest BCUT2D eigenvalue weighted by molar-refractivity contribution is 5.80. The fourth-order valence-electron chi connectivity index (χ4n) is 5.24. The molecule has 2 aliphatic rings. The van der Waals surface area contributed by atoms with Crippen molar-refractivity contribution in [2.75, 3.05) is 0 Å². The first-order valence-corrected chi connectivity index (χ1v) is 11.1. The van der Waals surface area contributed by atoms with Crippen LogP contribution in [0.5, 0.6) is 0 Å². The Morgan fingerprint density at radius 3 is 2.60 bits per heavy atom. The Bertz CT molecular complexity index is 1050. The van der Waals surface area contributed by atoms with Crippen LogP contribution in [0.4, 0.5) is 0 Å². The molecule has 4 heteroatoms. The zero-order valence-electron chi connectivity index (χ0n) is 17.6. The first-order valence-electron chi connectivity index (χ1n) is 11.1. The molecule has 0 saturated heterocycles. The molecule has 0 saturated carbocycles. The number of hydrogen-bond donors (Lipinski definition) is 0. The van der Waals surface area contributed by atoms with Gasteiger partial charge in [0.25, 0.3) is 0 Å². The second kappa shape index (κ2) is 8.10. The van der Waals surface area contributed by atoms with Gasteiger partial charge >= 0.3 is 0 Å². The number of aromatic nitrogens is 2. The smallest absolute Gasteiger partial charge is 0.226 e. The van der Waals surface area contributed by atoms with Crippen molar-refractivity contribution in [3.63, 3.8) is 0 Å². The topological polar surface area (TPSA) is 38.1 Å². The molecule has 2 aliphatic carbocycles. The minimum Gasteiger partial charge on any atom is -0.337 e. The monoisotopic (exact) mass is 399 g/mol. The molecule has 4 nitrogen and oxygen atoms in total. The lowest BCUT2D eigenvalue weighted by atomic mass is 9.81. The standard InChI is InChI=1S/C26H29N3O/c1-28-16-15-27-25(28)18-29(24-12-6-10-20-8-4-5-11-23(20)24)26(30)22-14-13-19-7-2-3-9-21(19)17-22/h2-5,7-9,11,15-16,22,24H,6,10,12-14,17-18H2,1H3/t22-,24-/m1/s1. The molecule has 5 rings (SSSR count). The third-order valence-electron chi connectivity index (χ3n) is 6.93. The van der Waals surface area contributed by atoms with Crippen molar-refractivity contribution in [1.82, 2.24) is 14.5 Å². The van der Waals surface area contributed by atoms with Gasteiger partial charge in [-0.1, -0.05) is 48.5 Å². The van der Waals surface area contributed by atoms with Gasteiger partial charge < -0.3 is 9.47 Å². The summed E-state index contributed by atoms with van der Waals surface area (Å²) in [4.78, 5) is 20.6. The summed E-state index contributed by atoms with van der Waals surface area (Å²) in [6.45, 7) is 0.569. The summed E-state index contributed by atoms with van der Waals surface area (Å²) >= 11 is 0. The van der Waals surface area contributed by atoms with E-state index in [0.717, 1.165) is 44.3 Å². The van der Waals surface area contributed by atoms with Crippen LogP contribution in [0.25, 0.3) is 0 Å². The van der Waals surface area contributed by atoms with Crippen LogP contribution in [0, 0.1) is 5.92 Å². The molecular formula is C26H29N3O. The molecular weight excluding hydrogens is 370 g/mol. The third-order valence-corrected chi connectivity index (χ3v) is 6.93. The highest BCUT2D eigenvalue weighted by atomic mass is 16.2. The highest BCUT2D eigenvalue weighted by Gasteiger charge is 2.35. The Kier molecular flexibility index (Phi) is 5.16. The molecule has 0 bridgehead atoms. The summed E-state index contributed by atoms with van der Waals surface area (Å²) in [5, 5.41) is 0. The predicted octanol–water partition coefficient (Wildman–Crippen LogP) is 4.63.